The summed E-state index contributed by atoms with van der Waals surface area (Å²) in [6.45, 7) is 2.38. The molecule has 3 nitrogen and oxygen atoms in total. The second-order valence-electron chi connectivity index (χ2n) is 2.14. The molecule has 0 radical (unpaired) electrons. The van der Waals surface area contributed by atoms with Crippen LogP contribution in [0.2, 0.25) is 0 Å². The number of ether oxygens (including phenoxy) is 1. The van der Waals surface area contributed by atoms with E-state index in [2.05, 4.69) is 0 Å². The summed E-state index contributed by atoms with van der Waals surface area (Å²) in [7, 11) is 0. The van der Waals surface area contributed by atoms with E-state index in [1.54, 1.807) is 12.1 Å². The van der Waals surface area contributed by atoms with Crippen LogP contribution in [-0.2, 0) is 11.1 Å². The van der Waals surface area contributed by atoms with Gasteiger partial charge in [0.15, 0.2) is 0 Å². The molecule has 0 fully saturated rings. The zero-order chi connectivity index (χ0) is 8.97. The van der Waals surface area contributed by atoms with Gasteiger partial charge in [0.2, 0.25) is 0 Å². The van der Waals surface area contributed by atoms with Crippen LogP contribution in [0, 0.1) is 0 Å². The molecule has 1 aromatic rings. The zero-order valence-electron chi connectivity index (χ0n) is 6.65. The van der Waals surface area contributed by atoms with Gasteiger partial charge in [-0.1, -0.05) is 6.07 Å². The standard InChI is InChI=1S/C8H10O3S/c1-2-11-7-4-3-5-8(6-7)12(9)10/h3-6H,2H2,1H3,(H,9,10)/p-1. The number of benzene rings is 1. The highest BCUT2D eigenvalue weighted by Gasteiger charge is 1.94. The van der Waals surface area contributed by atoms with Crippen molar-refractivity contribution in [3.63, 3.8) is 0 Å². The lowest BCUT2D eigenvalue weighted by Crippen LogP contribution is -1.93. The SMILES string of the molecule is CCOc1cccc(S(=O)[O-])c1. The van der Waals surface area contributed by atoms with Gasteiger partial charge in [-0.25, -0.2) is 0 Å². The van der Waals surface area contributed by atoms with Crippen LogP contribution in [0.3, 0.4) is 0 Å². The van der Waals surface area contributed by atoms with Crippen LogP contribution >= 0.6 is 0 Å². The molecule has 0 aliphatic rings. The highest BCUT2D eigenvalue weighted by molar-refractivity contribution is 7.79. The average Bonchev–Trinajstić information content (AvgIpc) is 2.05. The minimum atomic E-state index is -2.17. The Hall–Kier alpha value is -0.870. The van der Waals surface area contributed by atoms with Crippen LogP contribution < -0.4 is 4.74 Å². The van der Waals surface area contributed by atoms with E-state index in [-0.39, 0.29) is 4.90 Å². The van der Waals surface area contributed by atoms with Crippen molar-refractivity contribution in [2.45, 2.75) is 11.8 Å². The Kier molecular flexibility index (Phi) is 3.25. The fraction of sp³-hybridized carbons (Fsp3) is 0.250. The van der Waals surface area contributed by atoms with Gasteiger partial charge < -0.3 is 9.29 Å². The van der Waals surface area contributed by atoms with E-state index >= 15 is 0 Å². The van der Waals surface area contributed by atoms with Gasteiger partial charge in [0, 0.05) is 4.90 Å². The lowest BCUT2D eigenvalue weighted by Gasteiger charge is -2.07. The van der Waals surface area contributed by atoms with Crippen LogP contribution in [0.5, 0.6) is 5.75 Å². The largest absolute Gasteiger partial charge is 0.768 e. The van der Waals surface area contributed by atoms with Crippen molar-refractivity contribution in [2.24, 2.45) is 0 Å². The lowest BCUT2D eigenvalue weighted by molar-refractivity contribution is 0.339. The quantitative estimate of drug-likeness (QED) is 0.667. The Balaban J connectivity index is 2.88. The van der Waals surface area contributed by atoms with Gasteiger partial charge in [-0.2, -0.15) is 0 Å². The number of hydrogen-bond donors (Lipinski definition) is 0. The van der Waals surface area contributed by atoms with Crippen LogP contribution in [0.4, 0.5) is 0 Å². The summed E-state index contributed by atoms with van der Waals surface area (Å²) >= 11 is -2.17. The Morgan fingerprint density at radius 1 is 1.58 bits per heavy atom. The van der Waals surface area contributed by atoms with Crippen molar-refractivity contribution >= 4 is 11.1 Å². The topological polar surface area (TPSA) is 49.4 Å². The van der Waals surface area contributed by atoms with Gasteiger partial charge in [0.05, 0.1) is 6.61 Å². The van der Waals surface area contributed by atoms with Crippen LogP contribution in [0.15, 0.2) is 29.2 Å². The maximum Gasteiger partial charge on any atom is 0.120 e. The monoisotopic (exact) mass is 185 g/mol. The predicted octanol–water partition coefficient (Wildman–Crippen LogP) is 1.32. The molecule has 0 heterocycles. The second kappa shape index (κ2) is 4.23. The van der Waals surface area contributed by atoms with E-state index in [4.69, 9.17) is 4.74 Å². The number of hydrogen-bond acceptors (Lipinski definition) is 3. The van der Waals surface area contributed by atoms with Crippen molar-refractivity contribution in [1.82, 2.24) is 0 Å². The van der Waals surface area contributed by atoms with E-state index in [0.29, 0.717) is 12.4 Å². The first kappa shape index (κ1) is 9.22. The molecular formula is C8H9O3S-. The Labute approximate surface area is 73.7 Å². The van der Waals surface area contributed by atoms with Gasteiger partial charge >= 0.3 is 0 Å². The molecule has 0 saturated carbocycles. The smallest absolute Gasteiger partial charge is 0.120 e. The Morgan fingerprint density at radius 2 is 2.33 bits per heavy atom. The predicted molar refractivity (Wildman–Crippen MR) is 44.8 cm³/mol. The molecule has 1 aromatic carbocycles. The van der Waals surface area contributed by atoms with E-state index in [9.17, 15) is 8.76 Å². The first-order valence-electron chi connectivity index (χ1n) is 3.56. The molecule has 0 aromatic heterocycles. The molecule has 12 heavy (non-hydrogen) atoms. The van der Waals surface area contributed by atoms with E-state index < -0.39 is 11.1 Å². The lowest BCUT2D eigenvalue weighted by atomic mass is 10.3. The third-order valence-corrected chi connectivity index (χ3v) is 1.95. The van der Waals surface area contributed by atoms with E-state index in [1.807, 2.05) is 6.92 Å². The van der Waals surface area contributed by atoms with Gasteiger partial charge in [-0.05, 0) is 36.2 Å². The third kappa shape index (κ3) is 2.32. The summed E-state index contributed by atoms with van der Waals surface area (Å²) in [5, 5.41) is 0. The maximum atomic E-state index is 10.5. The Bertz CT molecular complexity index is 285. The van der Waals surface area contributed by atoms with Gasteiger partial charge in [0.25, 0.3) is 0 Å². The van der Waals surface area contributed by atoms with Crippen molar-refractivity contribution in [2.75, 3.05) is 6.61 Å². The molecule has 1 rings (SSSR count). The maximum absolute atomic E-state index is 10.5. The van der Waals surface area contributed by atoms with E-state index in [0.717, 1.165) is 0 Å². The molecule has 4 heteroatoms. The first-order valence-corrected chi connectivity index (χ1v) is 4.63. The average molecular weight is 185 g/mol. The van der Waals surface area contributed by atoms with Gasteiger partial charge in [-0.3, -0.25) is 4.21 Å². The van der Waals surface area contributed by atoms with Crippen molar-refractivity contribution in [3.8, 4) is 5.75 Å². The molecule has 0 N–H and O–H groups in total. The molecule has 1 atom stereocenters. The van der Waals surface area contributed by atoms with Crippen molar-refractivity contribution in [3.05, 3.63) is 24.3 Å². The summed E-state index contributed by atoms with van der Waals surface area (Å²) in [6, 6.07) is 6.38. The third-order valence-electron chi connectivity index (χ3n) is 1.31. The Morgan fingerprint density at radius 3 is 2.92 bits per heavy atom. The summed E-state index contributed by atoms with van der Waals surface area (Å²) in [5.41, 5.74) is 0. The van der Waals surface area contributed by atoms with Crippen LogP contribution in [-0.4, -0.2) is 15.4 Å². The van der Waals surface area contributed by atoms with Crippen molar-refractivity contribution in [1.29, 1.82) is 0 Å². The van der Waals surface area contributed by atoms with Crippen molar-refractivity contribution < 1.29 is 13.5 Å². The molecule has 0 bridgehead atoms. The summed E-state index contributed by atoms with van der Waals surface area (Å²) in [4.78, 5) is 0.251. The molecule has 1 unspecified atom stereocenters. The summed E-state index contributed by atoms with van der Waals surface area (Å²) in [6.07, 6.45) is 0. The molecule has 0 spiro atoms. The molecule has 66 valence electrons. The minimum Gasteiger partial charge on any atom is -0.768 e. The fourth-order valence-corrected chi connectivity index (χ4v) is 1.24. The number of rotatable bonds is 3. The van der Waals surface area contributed by atoms with Gasteiger partial charge in [0.1, 0.15) is 5.75 Å². The van der Waals surface area contributed by atoms with Crippen LogP contribution in [0.1, 0.15) is 6.92 Å². The first-order chi connectivity index (χ1) is 5.74. The highest BCUT2D eigenvalue weighted by atomic mass is 32.2. The second-order valence-corrected chi connectivity index (χ2v) is 3.08. The molecule has 0 aliphatic heterocycles. The molecule has 0 saturated heterocycles. The zero-order valence-corrected chi connectivity index (χ0v) is 7.47. The van der Waals surface area contributed by atoms with E-state index in [1.165, 1.54) is 12.1 Å². The highest BCUT2D eigenvalue weighted by Crippen LogP contribution is 2.14. The fourth-order valence-electron chi connectivity index (χ4n) is 0.834. The molecule has 0 aliphatic carbocycles. The minimum absolute atomic E-state index is 0.251. The molecule has 0 amide bonds. The summed E-state index contributed by atoms with van der Waals surface area (Å²) in [5.74, 6) is 0.583. The summed E-state index contributed by atoms with van der Waals surface area (Å²) < 4.78 is 26.1. The van der Waals surface area contributed by atoms with Gasteiger partial charge in [-0.15, -0.1) is 0 Å². The molecular weight excluding hydrogens is 176 g/mol. The normalized spacial score (nSPS) is 12.5. The van der Waals surface area contributed by atoms with Crippen LogP contribution in [0.25, 0.3) is 0 Å².